The standard InChI is InChI=1S/C18H19ClN4OS2/c1-3-11(4-2)17-22-23-18(26-17)21-15(24)9-14-10-25-16(20-14)12-5-7-13(19)8-6-12/h5-8,10-11H,3-4,9H2,1-2H3,(H,21,23,24). The van der Waals surface area contributed by atoms with Gasteiger partial charge in [-0.15, -0.1) is 21.5 Å². The quantitative estimate of drug-likeness (QED) is 0.570. The van der Waals surface area contributed by atoms with E-state index in [1.807, 2.05) is 29.6 Å². The number of anilines is 1. The summed E-state index contributed by atoms with van der Waals surface area (Å²) < 4.78 is 0. The van der Waals surface area contributed by atoms with Crippen LogP contribution in [0.15, 0.2) is 29.6 Å². The van der Waals surface area contributed by atoms with Crippen LogP contribution in [-0.4, -0.2) is 21.1 Å². The molecule has 0 unspecified atom stereocenters. The van der Waals surface area contributed by atoms with E-state index in [0.29, 0.717) is 16.1 Å². The van der Waals surface area contributed by atoms with Gasteiger partial charge in [-0.3, -0.25) is 4.79 Å². The zero-order valence-electron chi connectivity index (χ0n) is 14.5. The number of carbonyl (C=O) groups is 1. The van der Waals surface area contributed by atoms with Gasteiger partial charge in [-0.2, -0.15) is 0 Å². The molecule has 3 rings (SSSR count). The van der Waals surface area contributed by atoms with Gasteiger partial charge in [0.2, 0.25) is 11.0 Å². The van der Waals surface area contributed by atoms with Gasteiger partial charge in [0, 0.05) is 21.9 Å². The molecule has 2 aromatic heterocycles. The largest absolute Gasteiger partial charge is 0.300 e. The zero-order chi connectivity index (χ0) is 18.5. The van der Waals surface area contributed by atoms with Gasteiger partial charge in [0.25, 0.3) is 0 Å². The van der Waals surface area contributed by atoms with Crippen LogP contribution in [0.25, 0.3) is 10.6 Å². The van der Waals surface area contributed by atoms with E-state index in [2.05, 4.69) is 34.3 Å². The second kappa shape index (κ2) is 8.70. The second-order valence-corrected chi connectivity index (χ2v) is 8.14. The molecule has 0 atom stereocenters. The summed E-state index contributed by atoms with van der Waals surface area (Å²) in [5, 5.41) is 16.1. The van der Waals surface area contributed by atoms with Crippen molar-refractivity contribution in [2.75, 3.05) is 5.32 Å². The molecule has 3 aromatic rings. The molecule has 1 aromatic carbocycles. The highest BCUT2D eigenvalue weighted by atomic mass is 35.5. The average molecular weight is 407 g/mol. The molecule has 1 amide bonds. The van der Waals surface area contributed by atoms with E-state index in [-0.39, 0.29) is 12.3 Å². The van der Waals surface area contributed by atoms with Crippen LogP contribution >= 0.6 is 34.3 Å². The fourth-order valence-corrected chi connectivity index (χ4v) is 4.51. The molecule has 0 bridgehead atoms. The first-order chi connectivity index (χ1) is 12.6. The Bertz CT molecular complexity index is 871. The third kappa shape index (κ3) is 4.66. The van der Waals surface area contributed by atoms with Crippen LogP contribution in [0.3, 0.4) is 0 Å². The van der Waals surface area contributed by atoms with Gasteiger partial charge < -0.3 is 5.32 Å². The summed E-state index contributed by atoms with van der Waals surface area (Å²) in [5.41, 5.74) is 1.73. The molecule has 8 heteroatoms. The number of halogens is 1. The molecule has 5 nitrogen and oxygen atoms in total. The fourth-order valence-electron chi connectivity index (χ4n) is 2.53. The lowest BCUT2D eigenvalue weighted by molar-refractivity contribution is -0.115. The van der Waals surface area contributed by atoms with Gasteiger partial charge in [-0.05, 0) is 25.0 Å². The first-order valence-electron chi connectivity index (χ1n) is 8.42. The van der Waals surface area contributed by atoms with E-state index < -0.39 is 0 Å². The Labute approximate surface area is 165 Å². The summed E-state index contributed by atoms with van der Waals surface area (Å²) in [6, 6.07) is 7.51. The van der Waals surface area contributed by atoms with Crippen molar-refractivity contribution in [3.63, 3.8) is 0 Å². The van der Waals surface area contributed by atoms with E-state index in [1.54, 1.807) is 0 Å². The third-order valence-corrected chi connectivity index (χ3v) is 6.20. The van der Waals surface area contributed by atoms with Gasteiger partial charge in [0.05, 0.1) is 12.1 Å². The van der Waals surface area contributed by atoms with Crippen LogP contribution in [0.5, 0.6) is 0 Å². The molecule has 2 heterocycles. The van der Waals surface area contributed by atoms with Crippen LogP contribution in [-0.2, 0) is 11.2 Å². The van der Waals surface area contributed by atoms with Gasteiger partial charge >= 0.3 is 0 Å². The summed E-state index contributed by atoms with van der Waals surface area (Å²) >= 11 is 8.87. The van der Waals surface area contributed by atoms with Crippen LogP contribution in [0.4, 0.5) is 5.13 Å². The highest BCUT2D eigenvalue weighted by Crippen LogP contribution is 2.28. The number of rotatable bonds is 7. The number of carbonyl (C=O) groups excluding carboxylic acids is 1. The van der Waals surface area contributed by atoms with Crippen LogP contribution in [0, 0.1) is 0 Å². The van der Waals surface area contributed by atoms with Crippen molar-refractivity contribution in [2.45, 2.75) is 39.0 Å². The van der Waals surface area contributed by atoms with Gasteiger partial charge in [0.1, 0.15) is 10.0 Å². The lowest BCUT2D eigenvalue weighted by Gasteiger charge is -2.05. The molecule has 1 N–H and O–H groups in total. The lowest BCUT2D eigenvalue weighted by atomic mass is 10.1. The maximum absolute atomic E-state index is 12.3. The Morgan fingerprint density at radius 3 is 2.62 bits per heavy atom. The molecule has 0 aliphatic carbocycles. The molecule has 0 fully saturated rings. The van der Waals surface area contributed by atoms with E-state index in [0.717, 1.165) is 34.1 Å². The van der Waals surface area contributed by atoms with Crippen molar-refractivity contribution in [3.8, 4) is 10.6 Å². The maximum Gasteiger partial charge on any atom is 0.232 e. The number of nitrogens with zero attached hydrogens (tertiary/aromatic N) is 3. The first-order valence-corrected chi connectivity index (χ1v) is 10.5. The number of aromatic nitrogens is 3. The number of nitrogens with one attached hydrogen (secondary N) is 1. The van der Waals surface area contributed by atoms with Gasteiger partial charge in [-0.1, -0.05) is 48.9 Å². The molecule has 0 aliphatic rings. The smallest absolute Gasteiger partial charge is 0.232 e. The molecule has 0 saturated heterocycles. The highest BCUT2D eigenvalue weighted by molar-refractivity contribution is 7.15. The monoisotopic (exact) mass is 406 g/mol. The number of thiazole rings is 1. The Morgan fingerprint density at radius 2 is 1.92 bits per heavy atom. The number of amides is 1. The van der Waals surface area contributed by atoms with Gasteiger partial charge in [0.15, 0.2) is 0 Å². The molecule has 0 spiro atoms. The normalized spacial score (nSPS) is 11.1. The maximum atomic E-state index is 12.3. The molecule has 0 aliphatic heterocycles. The Morgan fingerprint density at radius 1 is 1.19 bits per heavy atom. The average Bonchev–Trinajstić information content (AvgIpc) is 3.27. The number of benzene rings is 1. The van der Waals surface area contributed by atoms with Crippen molar-refractivity contribution in [1.29, 1.82) is 0 Å². The molecule has 136 valence electrons. The lowest BCUT2D eigenvalue weighted by Crippen LogP contribution is -2.14. The topological polar surface area (TPSA) is 67.8 Å². The molecule has 26 heavy (non-hydrogen) atoms. The van der Waals surface area contributed by atoms with Crippen LogP contribution in [0.1, 0.15) is 43.3 Å². The molecule has 0 radical (unpaired) electrons. The second-order valence-electron chi connectivity index (χ2n) is 5.83. The Balaban J connectivity index is 1.61. The SMILES string of the molecule is CCC(CC)c1nnc(NC(=O)Cc2csc(-c3ccc(Cl)cc3)n2)s1. The highest BCUT2D eigenvalue weighted by Gasteiger charge is 2.15. The van der Waals surface area contributed by atoms with Gasteiger partial charge in [-0.25, -0.2) is 4.98 Å². The molecule has 0 saturated carbocycles. The molecular formula is C18H19ClN4OS2. The predicted molar refractivity (Wildman–Crippen MR) is 108 cm³/mol. The third-order valence-electron chi connectivity index (χ3n) is 4.01. The summed E-state index contributed by atoms with van der Waals surface area (Å²) in [4.78, 5) is 16.8. The van der Waals surface area contributed by atoms with Crippen molar-refractivity contribution in [2.24, 2.45) is 0 Å². The Kier molecular flexibility index (Phi) is 6.34. The van der Waals surface area contributed by atoms with E-state index in [4.69, 9.17) is 11.6 Å². The van der Waals surface area contributed by atoms with E-state index in [9.17, 15) is 4.79 Å². The summed E-state index contributed by atoms with van der Waals surface area (Å²) in [6.07, 6.45) is 2.25. The minimum atomic E-state index is -0.134. The summed E-state index contributed by atoms with van der Waals surface area (Å²) in [7, 11) is 0. The van der Waals surface area contributed by atoms with E-state index >= 15 is 0 Å². The van der Waals surface area contributed by atoms with E-state index in [1.165, 1.54) is 22.7 Å². The van der Waals surface area contributed by atoms with Crippen molar-refractivity contribution in [1.82, 2.24) is 15.2 Å². The van der Waals surface area contributed by atoms with Crippen molar-refractivity contribution < 1.29 is 4.79 Å². The summed E-state index contributed by atoms with van der Waals surface area (Å²) in [5.74, 6) is 0.267. The predicted octanol–water partition coefficient (Wildman–Crippen LogP) is 5.40. The molecular weight excluding hydrogens is 388 g/mol. The number of hydrogen-bond donors (Lipinski definition) is 1. The van der Waals surface area contributed by atoms with Crippen LogP contribution < -0.4 is 5.32 Å². The van der Waals surface area contributed by atoms with Crippen molar-refractivity contribution in [3.05, 3.63) is 45.4 Å². The zero-order valence-corrected chi connectivity index (χ0v) is 16.9. The minimum absolute atomic E-state index is 0.134. The van der Waals surface area contributed by atoms with Crippen LogP contribution in [0.2, 0.25) is 5.02 Å². The number of hydrogen-bond acceptors (Lipinski definition) is 6. The first kappa shape index (κ1) is 18.9. The summed E-state index contributed by atoms with van der Waals surface area (Å²) in [6.45, 7) is 4.27. The van der Waals surface area contributed by atoms with Crippen molar-refractivity contribution >= 4 is 45.3 Å². The fraction of sp³-hybridized carbons (Fsp3) is 0.333. The Hall–Kier alpha value is -1.83. The minimum Gasteiger partial charge on any atom is -0.300 e.